The minimum atomic E-state index is 0.551. The standard InChI is InChI=1S/C18H29NO/c1-2-14-19-16-18(11-6-7-12-18)13-8-15-20-17-9-4-3-5-10-17/h3-5,9-10,19H,2,6-8,11-16H2,1H3. The van der Waals surface area contributed by atoms with Gasteiger partial charge in [-0.05, 0) is 56.2 Å². The molecule has 0 aliphatic heterocycles. The third kappa shape index (κ3) is 4.82. The maximum absolute atomic E-state index is 5.82. The second kappa shape index (κ2) is 8.31. The van der Waals surface area contributed by atoms with Crippen molar-refractivity contribution in [3.8, 4) is 5.75 Å². The van der Waals surface area contributed by atoms with Crippen molar-refractivity contribution >= 4 is 0 Å². The Kier molecular flexibility index (Phi) is 6.38. The number of hydrogen-bond donors (Lipinski definition) is 1. The number of rotatable bonds is 9. The molecule has 1 aromatic rings. The molecule has 1 aliphatic rings. The van der Waals surface area contributed by atoms with E-state index in [4.69, 9.17) is 4.74 Å². The summed E-state index contributed by atoms with van der Waals surface area (Å²) in [4.78, 5) is 0. The van der Waals surface area contributed by atoms with E-state index in [9.17, 15) is 0 Å². The molecule has 1 fully saturated rings. The molecule has 0 bridgehead atoms. The van der Waals surface area contributed by atoms with Gasteiger partial charge in [0.15, 0.2) is 0 Å². The zero-order valence-electron chi connectivity index (χ0n) is 12.9. The van der Waals surface area contributed by atoms with Gasteiger partial charge in [-0.1, -0.05) is 38.0 Å². The Morgan fingerprint density at radius 1 is 1.15 bits per heavy atom. The second-order valence-electron chi connectivity index (χ2n) is 6.15. The van der Waals surface area contributed by atoms with E-state index in [2.05, 4.69) is 12.2 Å². The van der Waals surface area contributed by atoms with Crippen molar-refractivity contribution in [1.82, 2.24) is 5.32 Å². The fourth-order valence-corrected chi connectivity index (χ4v) is 3.32. The molecule has 2 rings (SSSR count). The summed E-state index contributed by atoms with van der Waals surface area (Å²) in [7, 11) is 0. The van der Waals surface area contributed by atoms with Crippen LogP contribution in [0.3, 0.4) is 0 Å². The van der Waals surface area contributed by atoms with E-state index in [1.54, 1.807) is 0 Å². The SMILES string of the molecule is CCCNCC1(CCCOc2ccccc2)CCCC1. The lowest BCUT2D eigenvalue weighted by molar-refractivity contribution is 0.219. The summed E-state index contributed by atoms with van der Waals surface area (Å²) in [5.74, 6) is 0.997. The van der Waals surface area contributed by atoms with E-state index in [0.717, 1.165) is 18.9 Å². The first-order valence-electron chi connectivity index (χ1n) is 8.23. The van der Waals surface area contributed by atoms with Crippen LogP contribution in [0.15, 0.2) is 30.3 Å². The molecule has 0 atom stereocenters. The van der Waals surface area contributed by atoms with Crippen molar-refractivity contribution in [1.29, 1.82) is 0 Å². The topological polar surface area (TPSA) is 21.3 Å². The molecule has 0 unspecified atom stereocenters. The van der Waals surface area contributed by atoms with Gasteiger partial charge in [0.05, 0.1) is 6.61 Å². The predicted molar refractivity (Wildman–Crippen MR) is 85.2 cm³/mol. The van der Waals surface area contributed by atoms with Crippen LogP contribution in [0, 0.1) is 5.41 Å². The van der Waals surface area contributed by atoms with E-state index >= 15 is 0 Å². The minimum absolute atomic E-state index is 0.551. The van der Waals surface area contributed by atoms with Crippen LogP contribution >= 0.6 is 0 Å². The monoisotopic (exact) mass is 275 g/mol. The van der Waals surface area contributed by atoms with Gasteiger partial charge in [-0.2, -0.15) is 0 Å². The van der Waals surface area contributed by atoms with E-state index in [1.807, 2.05) is 30.3 Å². The summed E-state index contributed by atoms with van der Waals surface area (Å²) in [5.41, 5.74) is 0.551. The van der Waals surface area contributed by atoms with Crippen LogP contribution in [0.4, 0.5) is 0 Å². The molecule has 1 saturated carbocycles. The highest BCUT2D eigenvalue weighted by atomic mass is 16.5. The maximum atomic E-state index is 5.82. The van der Waals surface area contributed by atoms with Gasteiger partial charge in [-0.3, -0.25) is 0 Å². The zero-order valence-corrected chi connectivity index (χ0v) is 12.9. The van der Waals surface area contributed by atoms with Crippen molar-refractivity contribution in [3.63, 3.8) is 0 Å². The maximum Gasteiger partial charge on any atom is 0.119 e. The van der Waals surface area contributed by atoms with E-state index in [1.165, 1.54) is 51.5 Å². The predicted octanol–water partition coefficient (Wildman–Crippen LogP) is 4.41. The lowest BCUT2D eigenvalue weighted by atomic mass is 9.81. The Labute approximate surface area is 123 Å². The molecule has 2 heteroatoms. The van der Waals surface area contributed by atoms with E-state index < -0.39 is 0 Å². The van der Waals surface area contributed by atoms with Crippen molar-refractivity contribution in [2.24, 2.45) is 5.41 Å². The van der Waals surface area contributed by atoms with Gasteiger partial charge in [-0.25, -0.2) is 0 Å². The first-order valence-corrected chi connectivity index (χ1v) is 8.23. The van der Waals surface area contributed by atoms with Gasteiger partial charge in [-0.15, -0.1) is 0 Å². The fraction of sp³-hybridized carbons (Fsp3) is 0.667. The molecular weight excluding hydrogens is 246 g/mol. The summed E-state index contributed by atoms with van der Waals surface area (Å²) in [6, 6.07) is 10.2. The molecule has 0 aromatic heterocycles. The molecule has 0 saturated heterocycles. The number of nitrogens with one attached hydrogen (secondary N) is 1. The van der Waals surface area contributed by atoms with Crippen molar-refractivity contribution in [3.05, 3.63) is 30.3 Å². The molecular formula is C18H29NO. The van der Waals surface area contributed by atoms with Gasteiger partial charge in [0.2, 0.25) is 0 Å². The summed E-state index contributed by atoms with van der Waals surface area (Å²) in [6.07, 6.45) is 9.32. The molecule has 1 aliphatic carbocycles. The molecule has 1 aromatic carbocycles. The molecule has 0 radical (unpaired) electrons. The first-order chi connectivity index (χ1) is 9.85. The van der Waals surface area contributed by atoms with Crippen LogP contribution in [0.2, 0.25) is 0 Å². The van der Waals surface area contributed by atoms with E-state index in [-0.39, 0.29) is 0 Å². The Morgan fingerprint density at radius 2 is 1.90 bits per heavy atom. The molecule has 2 nitrogen and oxygen atoms in total. The van der Waals surface area contributed by atoms with E-state index in [0.29, 0.717) is 5.41 Å². The van der Waals surface area contributed by atoms with Crippen molar-refractivity contribution in [2.45, 2.75) is 51.9 Å². The molecule has 0 spiro atoms. The Morgan fingerprint density at radius 3 is 2.60 bits per heavy atom. The van der Waals surface area contributed by atoms with Crippen LogP contribution in [-0.4, -0.2) is 19.7 Å². The zero-order chi connectivity index (χ0) is 14.1. The third-order valence-electron chi connectivity index (χ3n) is 4.45. The van der Waals surface area contributed by atoms with Crippen molar-refractivity contribution in [2.75, 3.05) is 19.7 Å². The molecule has 0 amide bonds. The minimum Gasteiger partial charge on any atom is -0.494 e. The number of para-hydroxylation sites is 1. The summed E-state index contributed by atoms with van der Waals surface area (Å²) in [6.45, 7) is 5.44. The van der Waals surface area contributed by atoms with Gasteiger partial charge in [0.1, 0.15) is 5.75 Å². The number of hydrogen-bond acceptors (Lipinski definition) is 2. The molecule has 0 heterocycles. The van der Waals surface area contributed by atoms with Crippen LogP contribution in [-0.2, 0) is 0 Å². The smallest absolute Gasteiger partial charge is 0.119 e. The summed E-state index contributed by atoms with van der Waals surface area (Å²) in [5, 5.41) is 3.64. The second-order valence-corrected chi connectivity index (χ2v) is 6.15. The lowest BCUT2D eigenvalue weighted by Gasteiger charge is -2.29. The quantitative estimate of drug-likeness (QED) is 0.674. The highest BCUT2D eigenvalue weighted by Crippen LogP contribution is 2.41. The number of ether oxygens (including phenoxy) is 1. The normalized spacial score (nSPS) is 17.2. The Hall–Kier alpha value is -1.02. The Bertz CT molecular complexity index is 357. The number of benzene rings is 1. The summed E-state index contributed by atoms with van der Waals surface area (Å²) < 4.78 is 5.82. The van der Waals surface area contributed by atoms with Crippen LogP contribution in [0.25, 0.3) is 0 Å². The summed E-state index contributed by atoms with van der Waals surface area (Å²) >= 11 is 0. The van der Waals surface area contributed by atoms with Crippen molar-refractivity contribution < 1.29 is 4.74 Å². The average molecular weight is 275 g/mol. The van der Waals surface area contributed by atoms with Crippen LogP contribution < -0.4 is 10.1 Å². The Balaban J connectivity index is 1.69. The highest BCUT2D eigenvalue weighted by Gasteiger charge is 2.32. The van der Waals surface area contributed by atoms with Crippen LogP contribution in [0.5, 0.6) is 5.75 Å². The largest absolute Gasteiger partial charge is 0.494 e. The molecule has 112 valence electrons. The van der Waals surface area contributed by atoms with Gasteiger partial charge < -0.3 is 10.1 Å². The van der Waals surface area contributed by atoms with Gasteiger partial charge in [0.25, 0.3) is 0 Å². The van der Waals surface area contributed by atoms with Gasteiger partial charge in [0, 0.05) is 6.54 Å². The first kappa shape index (κ1) is 15.4. The fourth-order valence-electron chi connectivity index (χ4n) is 3.32. The molecule has 1 N–H and O–H groups in total. The third-order valence-corrected chi connectivity index (χ3v) is 4.45. The average Bonchev–Trinajstić information content (AvgIpc) is 2.94. The van der Waals surface area contributed by atoms with Gasteiger partial charge >= 0.3 is 0 Å². The van der Waals surface area contributed by atoms with Crippen LogP contribution in [0.1, 0.15) is 51.9 Å². The lowest BCUT2D eigenvalue weighted by Crippen LogP contribution is -2.33. The molecule has 20 heavy (non-hydrogen) atoms. The highest BCUT2D eigenvalue weighted by molar-refractivity contribution is 5.20.